The third-order valence-electron chi connectivity index (χ3n) is 2.41. The van der Waals surface area contributed by atoms with Crippen LogP contribution in [0.3, 0.4) is 0 Å². The molecule has 2 rings (SSSR count). The molecule has 7 heteroatoms. The van der Waals surface area contributed by atoms with Crippen LogP contribution in [0.25, 0.3) is 0 Å². The summed E-state index contributed by atoms with van der Waals surface area (Å²) < 4.78 is 32.6. The smallest absolute Gasteiger partial charge is 0.221 e. The van der Waals surface area contributed by atoms with Gasteiger partial charge in [-0.15, -0.1) is 0 Å². The van der Waals surface area contributed by atoms with E-state index in [1.165, 1.54) is 19.1 Å². The zero-order valence-electron chi connectivity index (χ0n) is 11.7. The minimum atomic E-state index is -4.57. The lowest BCUT2D eigenvalue weighted by Gasteiger charge is -2.15. The molecular formula is C14H16N2O4S. The van der Waals surface area contributed by atoms with Crippen molar-refractivity contribution in [1.29, 1.82) is 0 Å². The molecule has 1 aromatic heterocycles. The van der Waals surface area contributed by atoms with Gasteiger partial charge in [0.2, 0.25) is 5.91 Å². The second kappa shape index (κ2) is 7.51. The van der Waals surface area contributed by atoms with Gasteiger partial charge in [0, 0.05) is 19.1 Å². The van der Waals surface area contributed by atoms with Crippen LogP contribution >= 0.6 is 0 Å². The van der Waals surface area contributed by atoms with Crippen molar-refractivity contribution >= 4 is 21.7 Å². The Balaban J connectivity index is 0.000000304. The molecule has 0 bridgehead atoms. The van der Waals surface area contributed by atoms with Gasteiger partial charge in [-0.25, -0.2) is 13.4 Å². The van der Waals surface area contributed by atoms with Gasteiger partial charge in [-0.1, -0.05) is 18.2 Å². The molecule has 0 atom stereocenters. The molecule has 0 aliphatic carbocycles. The highest BCUT2D eigenvalue weighted by atomic mass is 32.2. The minimum Gasteiger partial charge on any atom is -0.744 e. The van der Waals surface area contributed by atoms with Crippen molar-refractivity contribution in [3.8, 4) is 0 Å². The first-order chi connectivity index (χ1) is 9.82. The quantitative estimate of drug-likeness (QED) is 0.846. The van der Waals surface area contributed by atoms with Crippen LogP contribution in [0.4, 0.5) is 5.69 Å². The fraction of sp³-hybridized carbons (Fsp3) is 0.143. The number of aryl methyl sites for hydroxylation is 1. The van der Waals surface area contributed by atoms with E-state index >= 15 is 0 Å². The number of nitrogens with one attached hydrogen (secondary N) is 2. The summed E-state index contributed by atoms with van der Waals surface area (Å²) in [5, 5.41) is 2.33. The number of carbonyl (C=O) groups excluding carboxylic acids is 1. The highest BCUT2D eigenvalue weighted by Crippen LogP contribution is 2.24. The number of aromatic nitrogens is 1. The number of benzene rings is 1. The molecule has 2 N–H and O–H groups in total. The van der Waals surface area contributed by atoms with Gasteiger partial charge in [0.05, 0.1) is 10.6 Å². The lowest BCUT2D eigenvalue weighted by Crippen LogP contribution is -2.12. The summed E-state index contributed by atoms with van der Waals surface area (Å²) in [6.07, 6.45) is 3.75. The molecule has 6 nitrogen and oxygen atoms in total. The topological polar surface area (TPSA) is 100 Å². The number of amides is 1. The number of pyridine rings is 1. The molecule has 1 amide bonds. The molecular weight excluding hydrogens is 292 g/mol. The molecule has 112 valence electrons. The number of hydrogen-bond acceptors (Lipinski definition) is 4. The van der Waals surface area contributed by atoms with Crippen molar-refractivity contribution in [2.45, 2.75) is 18.7 Å². The van der Waals surface area contributed by atoms with Crippen LogP contribution in [0.1, 0.15) is 12.5 Å². The summed E-state index contributed by atoms with van der Waals surface area (Å²) in [7, 11) is -4.57. The fourth-order valence-electron chi connectivity index (χ4n) is 1.53. The Morgan fingerprint density at radius 1 is 1.14 bits per heavy atom. The van der Waals surface area contributed by atoms with Gasteiger partial charge in [0.1, 0.15) is 10.1 Å². The van der Waals surface area contributed by atoms with Crippen LogP contribution in [0.2, 0.25) is 0 Å². The first-order valence-electron chi connectivity index (χ1n) is 6.06. The third-order valence-corrected chi connectivity index (χ3v) is 3.29. The number of H-pyrrole nitrogens is 1. The molecule has 0 saturated carbocycles. The van der Waals surface area contributed by atoms with E-state index in [2.05, 4.69) is 10.3 Å². The molecule has 0 radical (unpaired) electrons. The van der Waals surface area contributed by atoms with Crippen LogP contribution < -0.4 is 10.3 Å². The van der Waals surface area contributed by atoms with E-state index in [0.29, 0.717) is 5.56 Å². The van der Waals surface area contributed by atoms with Gasteiger partial charge in [-0.3, -0.25) is 4.79 Å². The van der Waals surface area contributed by atoms with E-state index < -0.39 is 20.9 Å². The average Bonchev–Trinajstić information content (AvgIpc) is 2.42. The molecule has 0 spiro atoms. The third kappa shape index (κ3) is 5.72. The number of rotatable bonds is 2. The van der Waals surface area contributed by atoms with E-state index in [1.54, 1.807) is 13.0 Å². The summed E-state index contributed by atoms with van der Waals surface area (Å²) in [4.78, 5) is 13.3. The second-order valence-corrected chi connectivity index (χ2v) is 5.51. The Bertz CT molecular complexity index is 673. The van der Waals surface area contributed by atoms with Gasteiger partial charge in [0.15, 0.2) is 12.4 Å². The molecule has 0 saturated heterocycles. The average molecular weight is 308 g/mol. The Labute approximate surface area is 123 Å². The predicted octanol–water partition coefficient (Wildman–Crippen LogP) is 1.36. The summed E-state index contributed by atoms with van der Waals surface area (Å²) in [6, 6.07) is 10.1. The molecule has 0 fully saturated rings. The molecule has 0 aliphatic heterocycles. The van der Waals surface area contributed by atoms with Crippen molar-refractivity contribution in [3.05, 3.63) is 54.4 Å². The molecule has 2 aromatic rings. The number of anilines is 1. The van der Waals surface area contributed by atoms with Crippen LogP contribution in [-0.4, -0.2) is 18.9 Å². The maximum Gasteiger partial charge on any atom is 0.221 e. The van der Waals surface area contributed by atoms with Crippen molar-refractivity contribution in [2.24, 2.45) is 0 Å². The van der Waals surface area contributed by atoms with E-state index in [4.69, 9.17) is 0 Å². The first-order valence-corrected chi connectivity index (χ1v) is 7.47. The molecule has 21 heavy (non-hydrogen) atoms. The largest absolute Gasteiger partial charge is 0.744 e. The SMILES string of the molecule is CC(=O)Nc1c(C)cccc1S(=O)(=O)[O-].c1cc[nH+]cc1. The van der Waals surface area contributed by atoms with Crippen molar-refractivity contribution < 1.29 is 22.7 Å². The van der Waals surface area contributed by atoms with E-state index in [0.717, 1.165) is 0 Å². The van der Waals surface area contributed by atoms with Crippen molar-refractivity contribution in [2.75, 3.05) is 5.32 Å². The summed E-state index contributed by atoms with van der Waals surface area (Å²) in [5.41, 5.74) is 0.585. The highest BCUT2D eigenvalue weighted by Gasteiger charge is 2.11. The van der Waals surface area contributed by atoms with Gasteiger partial charge in [-0.2, -0.15) is 0 Å². The van der Waals surface area contributed by atoms with Gasteiger partial charge in [0.25, 0.3) is 0 Å². The maximum absolute atomic E-state index is 10.9. The summed E-state index contributed by atoms with van der Waals surface area (Å²) >= 11 is 0. The molecule has 1 heterocycles. The van der Waals surface area contributed by atoms with Crippen LogP contribution in [0, 0.1) is 6.92 Å². The number of para-hydroxylation sites is 1. The number of aromatic amines is 1. The zero-order valence-corrected chi connectivity index (χ0v) is 12.5. The Morgan fingerprint density at radius 2 is 1.76 bits per heavy atom. The Morgan fingerprint density at radius 3 is 2.14 bits per heavy atom. The second-order valence-electron chi connectivity index (χ2n) is 4.16. The van der Waals surface area contributed by atoms with Crippen LogP contribution in [-0.2, 0) is 14.9 Å². The first kappa shape index (κ1) is 16.8. The van der Waals surface area contributed by atoms with Crippen LogP contribution in [0.15, 0.2) is 53.7 Å². The Kier molecular flexibility index (Phi) is 6.01. The Hall–Kier alpha value is -2.25. The van der Waals surface area contributed by atoms with E-state index in [-0.39, 0.29) is 5.69 Å². The summed E-state index contributed by atoms with van der Waals surface area (Å²) in [5.74, 6) is -0.422. The van der Waals surface area contributed by atoms with E-state index in [1.807, 2.05) is 30.6 Å². The minimum absolute atomic E-state index is 0.0556. The maximum atomic E-state index is 10.9. The van der Waals surface area contributed by atoms with Gasteiger partial charge >= 0.3 is 0 Å². The monoisotopic (exact) mass is 308 g/mol. The van der Waals surface area contributed by atoms with Crippen molar-refractivity contribution in [1.82, 2.24) is 0 Å². The lowest BCUT2D eigenvalue weighted by atomic mass is 10.2. The van der Waals surface area contributed by atoms with Crippen molar-refractivity contribution in [3.63, 3.8) is 0 Å². The van der Waals surface area contributed by atoms with E-state index in [9.17, 15) is 17.8 Å². The van der Waals surface area contributed by atoms with Gasteiger partial charge in [-0.05, 0) is 18.6 Å². The lowest BCUT2D eigenvalue weighted by molar-refractivity contribution is -0.377. The highest BCUT2D eigenvalue weighted by molar-refractivity contribution is 7.86. The molecule has 0 aliphatic rings. The normalized spacial score (nSPS) is 10.2. The fourth-order valence-corrected chi connectivity index (χ4v) is 2.23. The van der Waals surface area contributed by atoms with Crippen LogP contribution in [0.5, 0.6) is 0 Å². The summed E-state index contributed by atoms with van der Waals surface area (Å²) in [6.45, 7) is 2.85. The zero-order chi connectivity index (χ0) is 15.9. The number of carbonyl (C=O) groups is 1. The number of hydrogen-bond donors (Lipinski definition) is 1. The standard InChI is InChI=1S/C9H11NO4S.C5H5N/c1-6-4-3-5-8(15(12,13)14)9(6)10-7(2)11;1-2-4-6-5-3-1/h3-5H,1-2H3,(H,10,11)(H,12,13,14);1-5H. The molecule has 0 unspecified atom stereocenters. The molecule has 1 aromatic carbocycles. The predicted molar refractivity (Wildman–Crippen MR) is 76.4 cm³/mol. The van der Waals surface area contributed by atoms with Gasteiger partial charge < -0.3 is 9.87 Å².